The first-order valence-electron chi connectivity index (χ1n) is 3.40. The Kier molecular flexibility index (Phi) is 25.7. The summed E-state index contributed by atoms with van der Waals surface area (Å²) in [5, 5.41) is 0. The fourth-order valence-corrected chi connectivity index (χ4v) is 0.460. The molecule has 0 aromatic heterocycles. The van der Waals surface area contributed by atoms with E-state index in [1.807, 2.05) is 18.3 Å². The van der Waals surface area contributed by atoms with E-state index in [0.29, 0.717) is 14.6 Å². The van der Waals surface area contributed by atoms with E-state index in [1.165, 1.54) is 13.8 Å². The van der Waals surface area contributed by atoms with Gasteiger partial charge in [-0.1, -0.05) is 0 Å². The zero-order chi connectivity index (χ0) is 12.7. The van der Waals surface area contributed by atoms with Gasteiger partial charge < -0.3 is 0 Å². The van der Waals surface area contributed by atoms with E-state index in [1.54, 1.807) is 0 Å². The number of ketones is 2. The van der Waals surface area contributed by atoms with Crippen molar-refractivity contribution in [3.63, 3.8) is 0 Å². The van der Waals surface area contributed by atoms with Gasteiger partial charge >= 0.3 is 64.5 Å². The van der Waals surface area contributed by atoms with Gasteiger partial charge in [-0.05, 0) is 13.8 Å². The number of rotatable bonds is 4. The van der Waals surface area contributed by atoms with E-state index >= 15 is 0 Å². The molecule has 0 atom stereocenters. The zero-order valence-corrected chi connectivity index (χ0v) is 11.4. The summed E-state index contributed by atoms with van der Waals surface area (Å²) in [7, 11) is 0. The Labute approximate surface area is 106 Å². The van der Waals surface area contributed by atoms with Crippen molar-refractivity contribution in [1.29, 1.82) is 0 Å². The summed E-state index contributed by atoms with van der Waals surface area (Å²) in [6.07, 6.45) is 0.0833. The molecule has 0 N–H and O–H groups in total. The van der Waals surface area contributed by atoms with Gasteiger partial charge in [0.1, 0.15) is 11.6 Å². The number of Topliss-reactive ketones (excluding diaryl/α,β-unsaturated/α-hetero) is 2. The monoisotopic (exact) mass is 393 g/mol. The Morgan fingerprint density at radius 2 is 1.33 bits per heavy atom. The van der Waals surface area contributed by atoms with Crippen LogP contribution in [0, 0.1) is 0 Å². The van der Waals surface area contributed by atoms with Crippen LogP contribution in [0.3, 0.4) is 0 Å². The second kappa shape index (κ2) is 19.2. The maximum absolute atomic E-state index is 10.0. The van der Waals surface area contributed by atoms with Gasteiger partial charge in [0.15, 0.2) is 0 Å². The molecule has 5 nitrogen and oxygen atoms in total. The van der Waals surface area contributed by atoms with Crippen LogP contribution in [0.25, 0.3) is 0 Å². The second-order valence-electron chi connectivity index (χ2n) is 1.93. The van der Waals surface area contributed by atoms with Crippen molar-refractivity contribution < 1.29 is 59.4 Å². The van der Waals surface area contributed by atoms with Crippen LogP contribution in [0.2, 0.25) is 0 Å². The number of hydrogen-bond donors (Lipinski definition) is 0. The van der Waals surface area contributed by atoms with Gasteiger partial charge in [-0.25, -0.2) is 0 Å². The summed E-state index contributed by atoms with van der Waals surface area (Å²) >= 11 is 1.59. The van der Waals surface area contributed by atoms with Crippen molar-refractivity contribution in [2.45, 2.75) is 20.3 Å². The Hall–Kier alpha value is -0.403. The number of carbonyl (C=O) groups excluding carboxylic acids is 5. The molecule has 0 bridgehead atoms. The summed E-state index contributed by atoms with van der Waals surface area (Å²) in [6.45, 7) is 2.81. The van der Waals surface area contributed by atoms with Crippen LogP contribution in [0.5, 0.6) is 0 Å². The van der Waals surface area contributed by atoms with Gasteiger partial charge in [-0.2, -0.15) is 0 Å². The Morgan fingerprint density at radius 3 is 1.33 bits per heavy atom. The van der Waals surface area contributed by atoms with Gasteiger partial charge in [0.2, 0.25) is 0 Å². The molecule has 0 rings (SSSR count). The molecular formula is C8H11O5Rh2. The standard InChI is InChI=1S/C5H8O2.3CHO.2Rh/c1-4(6)3-5(2)7;3*1-2;;/h3H2,1-2H3;3*1H;;. The molecule has 0 amide bonds. The van der Waals surface area contributed by atoms with E-state index in [-0.39, 0.29) is 18.0 Å². The van der Waals surface area contributed by atoms with Crippen molar-refractivity contribution in [3.05, 3.63) is 0 Å². The topological polar surface area (TPSA) is 85.3 Å². The molecule has 0 aromatic carbocycles. The Morgan fingerprint density at radius 1 is 1.07 bits per heavy atom. The van der Waals surface area contributed by atoms with Crippen LogP contribution < -0.4 is 0 Å². The summed E-state index contributed by atoms with van der Waals surface area (Å²) < 4.78 is 0. The van der Waals surface area contributed by atoms with Gasteiger partial charge in [-0.15, -0.1) is 0 Å². The summed E-state index contributed by atoms with van der Waals surface area (Å²) in [4.78, 5) is 49.1. The number of hydrogen-bond acceptors (Lipinski definition) is 5. The molecule has 0 spiro atoms. The van der Waals surface area contributed by atoms with Gasteiger partial charge in [0.25, 0.3) is 0 Å². The quantitative estimate of drug-likeness (QED) is 0.373. The van der Waals surface area contributed by atoms with E-state index < -0.39 is 17.1 Å². The molecule has 7 heteroatoms. The molecule has 0 aliphatic heterocycles. The van der Waals surface area contributed by atoms with Crippen molar-refractivity contribution in [2.75, 3.05) is 0 Å². The normalized spacial score (nSPS) is 7.20. The molecule has 0 saturated carbocycles. The summed E-state index contributed by atoms with van der Waals surface area (Å²) in [5.74, 6) is -0.125. The molecule has 0 aromatic rings. The Balaban J connectivity index is -0.000000158. The second-order valence-corrected chi connectivity index (χ2v) is 3.63. The third kappa shape index (κ3) is 58.4. The van der Waals surface area contributed by atoms with Crippen molar-refractivity contribution >= 4 is 26.2 Å². The summed E-state index contributed by atoms with van der Waals surface area (Å²) in [6, 6.07) is 0. The van der Waals surface area contributed by atoms with E-state index in [4.69, 9.17) is 4.79 Å². The fraction of sp³-hybridized carbons (Fsp3) is 0.375. The van der Waals surface area contributed by atoms with E-state index in [0.717, 1.165) is 0 Å². The first kappa shape index (κ1) is 20.1. The van der Waals surface area contributed by atoms with Crippen molar-refractivity contribution in [2.24, 2.45) is 0 Å². The predicted octanol–water partition coefficient (Wildman–Crippen LogP) is -0.273. The third-order valence-electron chi connectivity index (χ3n) is 0.589. The Bertz CT molecular complexity index is 197. The minimum atomic E-state index is -0.454. The molecule has 15 heavy (non-hydrogen) atoms. The van der Waals surface area contributed by atoms with Crippen LogP contribution in [-0.2, 0) is 59.4 Å². The molecule has 0 fully saturated rings. The van der Waals surface area contributed by atoms with Gasteiger partial charge in [0.05, 0.1) is 6.42 Å². The van der Waals surface area contributed by atoms with Crippen molar-refractivity contribution in [1.82, 2.24) is 0 Å². The molecule has 0 heterocycles. The number of carbonyl (C=O) groups is 5. The van der Waals surface area contributed by atoms with E-state index in [2.05, 4.69) is 0 Å². The van der Waals surface area contributed by atoms with Crippen LogP contribution in [0.15, 0.2) is 0 Å². The van der Waals surface area contributed by atoms with Crippen LogP contribution in [0.1, 0.15) is 20.3 Å². The first-order valence-corrected chi connectivity index (χ1v) is 6.24. The molecule has 0 aliphatic carbocycles. The van der Waals surface area contributed by atoms with Gasteiger partial charge in [-0.3, -0.25) is 9.59 Å². The van der Waals surface area contributed by atoms with Crippen LogP contribution in [0.4, 0.5) is 0 Å². The maximum atomic E-state index is 10.0. The zero-order valence-electron chi connectivity index (χ0n) is 8.15. The molecule has 0 unspecified atom stereocenters. The predicted molar refractivity (Wildman–Crippen MR) is 46.2 cm³/mol. The third-order valence-corrected chi connectivity index (χ3v) is 1.03. The molecule has 0 radical (unpaired) electrons. The van der Waals surface area contributed by atoms with Gasteiger partial charge in [0, 0.05) is 0 Å². The first-order chi connectivity index (χ1) is 6.95. The fourth-order valence-electron chi connectivity index (χ4n) is 0.369. The molecular weight excluding hydrogens is 382 g/mol. The van der Waals surface area contributed by atoms with E-state index in [9.17, 15) is 19.2 Å². The molecule has 91 valence electrons. The molecule has 0 saturated heterocycles. The summed E-state index contributed by atoms with van der Waals surface area (Å²) in [5.41, 5.74) is 0. The van der Waals surface area contributed by atoms with Crippen LogP contribution >= 0.6 is 0 Å². The average molecular weight is 393 g/mol. The van der Waals surface area contributed by atoms with Crippen molar-refractivity contribution in [3.8, 4) is 0 Å². The minimum absolute atomic E-state index is 0.0625. The molecule has 0 aliphatic rings. The van der Waals surface area contributed by atoms with Crippen LogP contribution in [-0.4, -0.2) is 26.2 Å². The SMILES string of the molecule is CC(=O)CC(C)=O.O=[CH][Rh].O=[CH][Rh][CH]=O. The average Bonchev–Trinajstić information content (AvgIpc) is 2.05.